The van der Waals surface area contributed by atoms with Crippen molar-refractivity contribution in [3.63, 3.8) is 0 Å². The molecule has 0 aliphatic carbocycles. The molecule has 3 heterocycles. The average Bonchev–Trinajstić information content (AvgIpc) is 3.07. The maximum atomic E-state index is 12.4. The summed E-state index contributed by atoms with van der Waals surface area (Å²) in [5.41, 5.74) is 1.23. The summed E-state index contributed by atoms with van der Waals surface area (Å²) < 4.78 is 7.43. The van der Waals surface area contributed by atoms with Crippen molar-refractivity contribution in [3.05, 3.63) is 64.7 Å². The molecule has 1 N–H and O–H groups in total. The van der Waals surface area contributed by atoms with Gasteiger partial charge in [0.1, 0.15) is 12.9 Å². The molecular formula is C16H17N5O2. The van der Waals surface area contributed by atoms with Crippen molar-refractivity contribution in [2.45, 2.75) is 26.4 Å². The number of aromatic nitrogens is 5. The number of pyridine rings is 1. The number of imidazole rings is 1. The van der Waals surface area contributed by atoms with Gasteiger partial charge in [-0.1, -0.05) is 19.9 Å². The lowest BCUT2D eigenvalue weighted by molar-refractivity contribution is 0.287. The van der Waals surface area contributed by atoms with Crippen molar-refractivity contribution in [3.8, 4) is 11.8 Å². The number of H-pyrrole nitrogens is 1. The van der Waals surface area contributed by atoms with Gasteiger partial charge in [-0.05, 0) is 12.0 Å². The van der Waals surface area contributed by atoms with Gasteiger partial charge < -0.3 is 4.74 Å². The van der Waals surface area contributed by atoms with E-state index in [1.54, 1.807) is 35.7 Å². The summed E-state index contributed by atoms with van der Waals surface area (Å²) in [5, 5.41) is 0. The standard InChI is InChI=1S/C16H17N5O2/c1-11(2)13-14(22)19-16(21-7-6-18-10-21)20-15(13)23-9-12-4-3-5-17-8-12/h3-8,10-11H,9H2,1-2H3,(H,19,20,22). The van der Waals surface area contributed by atoms with Gasteiger partial charge in [0, 0.05) is 30.4 Å². The molecular weight excluding hydrogens is 294 g/mol. The second-order valence-corrected chi connectivity index (χ2v) is 5.38. The van der Waals surface area contributed by atoms with E-state index < -0.39 is 0 Å². The third-order valence-electron chi connectivity index (χ3n) is 3.33. The van der Waals surface area contributed by atoms with E-state index in [1.165, 1.54) is 0 Å². The average molecular weight is 311 g/mol. The highest BCUT2D eigenvalue weighted by Gasteiger charge is 2.17. The van der Waals surface area contributed by atoms with Crippen LogP contribution in [0, 0.1) is 0 Å². The number of ether oxygens (including phenoxy) is 1. The van der Waals surface area contributed by atoms with E-state index in [9.17, 15) is 4.79 Å². The molecule has 0 saturated carbocycles. The van der Waals surface area contributed by atoms with E-state index >= 15 is 0 Å². The van der Waals surface area contributed by atoms with Crippen molar-refractivity contribution >= 4 is 0 Å². The van der Waals surface area contributed by atoms with Crippen molar-refractivity contribution in [2.24, 2.45) is 0 Å². The van der Waals surface area contributed by atoms with Crippen molar-refractivity contribution < 1.29 is 4.74 Å². The summed E-state index contributed by atoms with van der Waals surface area (Å²) >= 11 is 0. The van der Waals surface area contributed by atoms with Crippen LogP contribution in [0.5, 0.6) is 5.88 Å². The van der Waals surface area contributed by atoms with Crippen LogP contribution in [0.1, 0.15) is 30.9 Å². The Morgan fingerprint density at radius 3 is 2.83 bits per heavy atom. The van der Waals surface area contributed by atoms with Crippen LogP contribution in [0.2, 0.25) is 0 Å². The van der Waals surface area contributed by atoms with Crippen molar-refractivity contribution in [2.75, 3.05) is 0 Å². The van der Waals surface area contributed by atoms with Crippen molar-refractivity contribution in [1.82, 2.24) is 24.5 Å². The molecule has 0 amide bonds. The number of aromatic amines is 1. The van der Waals surface area contributed by atoms with E-state index in [-0.39, 0.29) is 11.5 Å². The molecule has 3 aromatic rings. The topological polar surface area (TPSA) is 85.7 Å². The smallest absolute Gasteiger partial charge is 0.259 e. The van der Waals surface area contributed by atoms with E-state index in [0.717, 1.165) is 5.56 Å². The lowest BCUT2D eigenvalue weighted by Gasteiger charge is -2.13. The highest BCUT2D eigenvalue weighted by Crippen LogP contribution is 2.22. The minimum atomic E-state index is -0.208. The molecule has 0 bridgehead atoms. The summed E-state index contributed by atoms with van der Waals surface area (Å²) in [4.78, 5) is 27.6. The first-order valence-corrected chi connectivity index (χ1v) is 7.29. The summed E-state index contributed by atoms with van der Waals surface area (Å²) in [5.74, 6) is 0.696. The first-order chi connectivity index (χ1) is 11.1. The second-order valence-electron chi connectivity index (χ2n) is 5.38. The van der Waals surface area contributed by atoms with Gasteiger partial charge in [-0.15, -0.1) is 0 Å². The fraction of sp³-hybridized carbons (Fsp3) is 0.250. The molecule has 0 aliphatic heterocycles. The number of rotatable bonds is 5. The van der Waals surface area contributed by atoms with Gasteiger partial charge in [-0.25, -0.2) is 4.98 Å². The molecule has 0 atom stereocenters. The van der Waals surface area contributed by atoms with Crippen LogP contribution in [0.4, 0.5) is 0 Å². The minimum absolute atomic E-state index is 0.00742. The van der Waals surface area contributed by atoms with E-state index in [0.29, 0.717) is 24.0 Å². The molecule has 7 nitrogen and oxygen atoms in total. The van der Waals surface area contributed by atoms with Gasteiger partial charge >= 0.3 is 0 Å². The highest BCUT2D eigenvalue weighted by atomic mass is 16.5. The summed E-state index contributed by atoms with van der Waals surface area (Å²) in [6, 6.07) is 3.75. The molecule has 0 aliphatic rings. The van der Waals surface area contributed by atoms with Gasteiger partial charge in [0.25, 0.3) is 5.56 Å². The molecule has 0 saturated heterocycles. The first-order valence-electron chi connectivity index (χ1n) is 7.29. The van der Waals surface area contributed by atoms with E-state index in [4.69, 9.17) is 4.74 Å². The molecule has 118 valence electrons. The molecule has 0 unspecified atom stereocenters. The zero-order chi connectivity index (χ0) is 16.2. The Morgan fingerprint density at radius 2 is 2.17 bits per heavy atom. The van der Waals surface area contributed by atoms with Crippen LogP contribution in [0.15, 0.2) is 48.0 Å². The quantitative estimate of drug-likeness (QED) is 0.779. The van der Waals surface area contributed by atoms with Crippen LogP contribution < -0.4 is 10.3 Å². The monoisotopic (exact) mass is 311 g/mol. The van der Waals surface area contributed by atoms with Crippen LogP contribution in [-0.4, -0.2) is 24.5 Å². The van der Waals surface area contributed by atoms with Crippen LogP contribution in [0.3, 0.4) is 0 Å². The predicted octanol–water partition coefficient (Wildman–Crippen LogP) is 2.05. The van der Waals surface area contributed by atoms with Crippen LogP contribution in [-0.2, 0) is 6.61 Å². The molecule has 3 aromatic heterocycles. The van der Waals surface area contributed by atoms with Gasteiger partial charge in [0.2, 0.25) is 11.8 Å². The summed E-state index contributed by atoms with van der Waals surface area (Å²) in [7, 11) is 0. The fourth-order valence-corrected chi connectivity index (χ4v) is 2.21. The van der Waals surface area contributed by atoms with Gasteiger partial charge in [-0.2, -0.15) is 4.98 Å². The van der Waals surface area contributed by atoms with Crippen LogP contribution >= 0.6 is 0 Å². The molecule has 23 heavy (non-hydrogen) atoms. The van der Waals surface area contributed by atoms with E-state index in [2.05, 4.69) is 19.9 Å². The Morgan fingerprint density at radius 1 is 1.30 bits per heavy atom. The van der Waals surface area contributed by atoms with Gasteiger partial charge in [0.15, 0.2) is 0 Å². The lowest BCUT2D eigenvalue weighted by Crippen LogP contribution is -2.20. The maximum absolute atomic E-state index is 12.4. The molecule has 0 fully saturated rings. The normalized spacial score (nSPS) is 10.9. The minimum Gasteiger partial charge on any atom is -0.472 e. The second kappa shape index (κ2) is 6.43. The first kappa shape index (κ1) is 15.0. The molecule has 0 spiro atoms. The molecule has 0 aromatic carbocycles. The predicted molar refractivity (Wildman–Crippen MR) is 84.6 cm³/mol. The fourth-order valence-electron chi connectivity index (χ4n) is 2.21. The zero-order valence-electron chi connectivity index (χ0n) is 12.9. The molecule has 3 rings (SSSR count). The summed E-state index contributed by atoms with van der Waals surface area (Å²) in [6.45, 7) is 4.16. The number of hydrogen-bond acceptors (Lipinski definition) is 5. The Balaban J connectivity index is 1.97. The largest absolute Gasteiger partial charge is 0.472 e. The Hall–Kier alpha value is -2.96. The number of nitrogens with zero attached hydrogens (tertiary/aromatic N) is 4. The Kier molecular flexibility index (Phi) is 4.18. The van der Waals surface area contributed by atoms with Gasteiger partial charge in [-0.3, -0.25) is 19.3 Å². The zero-order valence-corrected chi connectivity index (χ0v) is 12.9. The molecule has 7 heteroatoms. The number of nitrogens with one attached hydrogen (secondary N) is 1. The van der Waals surface area contributed by atoms with Crippen molar-refractivity contribution in [1.29, 1.82) is 0 Å². The highest BCUT2D eigenvalue weighted by molar-refractivity contribution is 5.31. The van der Waals surface area contributed by atoms with Gasteiger partial charge in [0.05, 0.1) is 5.56 Å². The SMILES string of the molecule is CC(C)c1c(OCc2cccnc2)nc(-n2ccnc2)[nH]c1=O. The third kappa shape index (κ3) is 3.28. The summed E-state index contributed by atoms with van der Waals surface area (Å²) in [6.07, 6.45) is 8.31. The Bertz CT molecular complexity index is 825. The maximum Gasteiger partial charge on any atom is 0.259 e. The van der Waals surface area contributed by atoms with E-state index in [1.807, 2.05) is 26.0 Å². The third-order valence-corrected chi connectivity index (χ3v) is 3.33. The van der Waals surface area contributed by atoms with Crippen LogP contribution in [0.25, 0.3) is 5.95 Å². The number of hydrogen-bond donors (Lipinski definition) is 1. The Labute approximate surface area is 133 Å². The lowest BCUT2D eigenvalue weighted by atomic mass is 10.1. The molecule has 0 radical (unpaired) electrons.